The molecule has 9 heteroatoms. The van der Waals surface area contributed by atoms with Crippen molar-refractivity contribution in [1.29, 1.82) is 0 Å². The molecule has 1 aromatic carbocycles. The van der Waals surface area contributed by atoms with Gasteiger partial charge in [0.05, 0.1) is 17.3 Å². The number of thiophene rings is 1. The largest absolute Gasteiger partial charge is 0.496 e. The van der Waals surface area contributed by atoms with Crippen molar-refractivity contribution in [2.75, 3.05) is 13.4 Å². The number of ether oxygens (including phenoxy) is 1. The topological polar surface area (TPSA) is 106 Å². The fraction of sp³-hybridized carbons (Fsp3) is 0.133. The van der Waals surface area contributed by atoms with Gasteiger partial charge in [0.25, 0.3) is 0 Å². The second kappa shape index (κ2) is 5.84. The van der Waals surface area contributed by atoms with Gasteiger partial charge in [-0.15, -0.1) is 11.3 Å². The molecule has 0 unspecified atom stereocenters. The first kappa shape index (κ1) is 16.3. The number of sulfone groups is 1. The van der Waals surface area contributed by atoms with Crippen LogP contribution in [0.3, 0.4) is 0 Å². The van der Waals surface area contributed by atoms with Crippen LogP contribution >= 0.6 is 11.3 Å². The number of hydrogen-bond donors (Lipinski definition) is 1. The van der Waals surface area contributed by atoms with Gasteiger partial charge in [-0.05, 0) is 6.07 Å². The van der Waals surface area contributed by atoms with Crippen molar-refractivity contribution in [1.82, 2.24) is 9.97 Å². The third-order valence-electron chi connectivity index (χ3n) is 3.31. The van der Waals surface area contributed by atoms with Gasteiger partial charge >= 0.3 is 5.97 Å². The van der Waals surface area contributed by atoms with E-state index in [1.807, 2.05) is 0 Å². The fourth-order valence-electron chi connectivity index (χ4n) is 2.31. The van der Waals surface area contributed by atoms with Crippen LogP contribution in [0.1, 0.15) is 9.67 Å². The van der Waals surface area contributed by atoms with Crippen LogP contribution in [0, 0.1) is 0 Å². The summed E-state index contributed by atoms with van der Waals surface area (Å²) in [6.45, 7) is 0. The molecule has 0 bridgehead atoms. The number of rotatable bonds is 4. The van der Waals surface area contributed by atoms with E-state index in [9.17, 15) is 18.3 Å². The second-order valence-electron chi connectivity index (χ2n) is 4.95. The Labute approximate surface area is 141 Å². The molecule has 0 atom stereocenters. The minimum atomic E-state index is -3.62. The van der Waals surface area contributed by atoms with Crippen molar-refractivity contribution in [2.24, 2.45) is 0 Å². The average molecular weight is 364 g/mol. The Hall–Kier alpha value is -2.52. The number of carbonyl (C=O) groups is 1. The van der Waals surface area contributed by atoms with Crippen LogP contribution in [0.4, 0.5) is 0 Å². The van der Waals surface area contributed by atoms with E-state index in [1.54, 1.807) is 24.3 Å². The molecule has 0 saturated heterocycles. The molecule has 124 valence electrons. The van der Waals surface area contributed by atoms with E-state index in [0.717, 1.165) is 17.6 Å². The molecule has 0 aliphatic heterocycles. The van der Waals surface area contributed by atoms with E-state index < -0.39 is 15.8 Å². The van der Waals surface area contributed by atoms with Crippen molar-refractivity contribution >= 4 is 37.4 Å². The molecule has 24 heavy (non-hydrogen) atoms. The highest BCUT2D eigenvalue weighted by Gasteiger charge is 2.24. The summed E-state index contributed by atoms with van der Waals surface area (Å²) in [5, 5.41) is 9.18. The molecule has 0 fully saturated rings. The summed E-state index contributed by atoms with van der Waals surface area (Å²) in [6.07, 6.45) is 2.33. The van der Waals surface area contributed by atoms with Gasteiger partial charge in [-0.3, -0.25) is 0 Å². The van der Waals surface area contributed by atoms with Crippen LogP contribution in [0.15, 0.2) is 35.6 Å². The predicted octanol–water partition coefficient (Wildman–Crippen LogP) is 2.47. The van der Waals surface area contributed by atoms with Crippen LogP contribution in [-0.4, -0.2) is 42.8 Å². The molecule has 0 aliphatic carbocycles. The van der Waals surface area contributed by atoms with E-state index in [-0.39, 0.29) is 15.6 Å². The van der Waals surface area contributed by atoms with Crippen LogP contribution in [0.25, 0.3) is 21.3 Å². The standard InChI is InChI=1S/C15H12N2O5S2/c1-22-9-6-4-3-5-8(9)11-12-10(23-13(11)14(18)19)7-16-15(17-12)24(2,20)21/h3-7H,1-2H3,(H,18,19). The zero-order chi connectivity index (χ0) is 17.5. The van der Waals surface area contributed by atoms with Crippen molar-refractivity contribution in [3.8, 4) is 16.9 Å². The SMILES string of the molecule is COc1ccccc1-c1c(C(=O)O)sc2cnc(S(C)(=O)=O)nc12. The summed E-state index contributed by atoms with van der Waals surface area (Å²) in [7, 11) is -2.14. The van der Waals surface area contributed by atoms with E-state index in [2.05, 4.69) is 9.97 Å². The van der Waals surface area contributed by atoms with Crippen molar-refractivity contribution in [3.63, 3.8) is 0 Å². The van der Waals surface area contributed by atoms with E-state index in [4.69, 9.17) is 4.74 Å². The molecule has 2 aromatic heterocycles. The van der Waals surface area contributed by atoms with Gasteiger partial charge in [-0.2, -0.15) is 0 Å². The molecule has 0 amide bonds. The molecule has 3 rings (SSSR count). The number of methoxy groups -OCH3 is 1. The molecule has 0 saturated carbocycles. The van der Waals surface area contributed by atoms with Gasteiger partial charge in [-0.25, -0.2) is 23.2 Å². The smallest absolute Gasteiger partial charge is 0.346 e. The third kappa shape index (κ3) is 2.72. The monoisotopic (exact) mass is 364 g/mol. The van der Waals surface area contributed by atoms with E-state index >= 15 is 0 Å². The second-order valence-corrected chi connectivity index (χ2v) is 7.91. The number of aromatic nitrogens is 2. The maximum absolute atomic E-state index is 11.7. The maximum Gasteiger partial charge on any atom is 0.346 e. The Kier molecular flexibility index (Phi) is 3.98. The Bertz CT molecular complexity index is 1060. The van der Waals surface area contributed by atoms with Crippen molar-refractivity contribution in [2.45, 2.75) is 5.16 Å². The summed E-state index contributed by atoms with van der Waals surface area (Å²) < 4.78 is 29.2. The maximum atomic E-state index is 11.7. The number of carboxylic acid groups (broad SMARTS) is 1. The highest BCUT2D eigenvalue weighted by atomic mass is 32.2. The van der Waals surface area contributed by atoms with Gasteiger partial charge < -0.3 is 9.84 Å². The lowest BCUT2D eigenvalue weighted by molar-refractivity contribution is 0.0703. The minimum Gasteiger partial charge on any atom is -0.496 e. The molecular weight excluding hydrogens is 352 g/mol. The molecular formula is C15H12N2O5S2. The van der Waals surface area contributed by atoms with Gasteiger partial charge in [0.2, 0.25) is 15.0 Å². The lowest BCUT2D eigenvalue weighted by Crippen LogP contribution is -2.03. The quantitative estimate of drug-likeness (QED) is 0.709. The van der Waals surface area contributed by atoms with Crippen LogP contribution in [0.2, 0.25) is 0 Å². The first-order chi connectivity index (χ1) is 11.3. The molecule has 1 N–H and O–H groups in total. The fourth-order valence-corrected chi connectivity index (χ4v) is 3.77. The number of hydrogen-bond acceptors (Lipinski definition) is 7. The van der Waals surface area contributed by atoms with Gasteiger partial charge in [0.1, 0.15) is 10.6 Å². The number of para-hydroxylation sites is 1. The number of aromatic carboxylic acids is 1. The average Bonchev–Trinajstić information content (AvgIpc) is 2.92. The summed E-state index contributed by atoms with van der Waals surface area (Å²) >= 11 is 0.990. The normalized spacial score (nSPS) is 11.6. The summed E-state index contributed by atoms with van der Waals surface area (Å²) in [4.78, 5) is 19.6. The Balaban J connectivity index is 2.43. The zero-order valence-electron chi connectivity index (χ0n) is 12.7. The number of benzene rings is 1. The third-order valence-corrected chi connectivity index (χ3v) is 5.27. The predicted molar refractivity (Wildman–Crippen MR) is 89.5 cm³/mol. The minimum absolute atomic E-state index is 0.0504. The lowest BCUT2D eigenvalue weighted by Gasteiger charge is -2.08. The Morgan fingerprint density at radius 3 is 2.62 bits per heavy atom. The highest BCUT2D eigenvalue weighted by molar-refractivity contribution is 7.90. The number of nitrogens with zero attached hydrogens (tertiary/aromatic N) is 2. The molecule has 0 spiro atoms. The van der Waals surface area contributed by atoms with Gasteiger partial charge in [0, 0.05) is 23.6 Å². The summed E-state index contributed by atoms with van der Waals surface area (Å²) in [5.74, 6) is -0.654. The van der Waals surface area contributed by atoms with E-state index in [0.29, 0.717) is 21.6 Å². The van der Waals surface area contributed by atoms with Crippen molar-refractivity contribution in [3.05, 3.63) is 35.3 Å². The lowest BCUT2D eigenvalue weighted by atomic mass is 10.0. The van der Waals surface area contributed by atoms with Gasteiger partial charge in [-0.1, -0.05) is 18.2 Å². The number of carboxylic acids is 1. The van der Waals surface area contributed by atoms with Crippen LogP contribution in [0.5, 0.6) is 5.75 Å². The Morgan fingerprint density at radius 2 is 2.00 bits per heavy atom. The highest BCUT2D eigenvalue weighted by Crippen LogP contribution is 2.41. The molecule has 7 nitrogen and oxygen atoms in total. The van der Waals surface area contributed by atoms with Gasteiger partial charge in [0.15, 0.2) is 0 Å². The Morgan fingerprint density at radius 1 is 1.29 bits per heavy atom. The number of fused-ring (bicyclic) bond motifs is 1. The first-order valence-corrected chi connectivity index (χ1v) is 9.40. The zero-order valence-corrected chi connectivity index (χ0v) is 14.3. The molecule has 2 heterocycles. The summed E-state index contributed by atoms with van der Waals surface area (Å²) in [5.41, 5.74) is 1.13. The van der Waals surface area contributed by atoms with Crippen LogP contribution < -0.4 is 4.74 Å². The van der Waals surface area contributed by atoms with Crippen molar-refractivity contribution < 1.29 is 23.1 Å². The van der Waals surface area contributed by atoms with Crippen LogP contribution in [-0.2, 0) is 9.84 Å². The molecule has 0 radical (unpaired) electrons. The molecule has 0 aliphatic rings. The first-order valence-electron chi connectivity index (χ1n) is 6.69. The van der Waals surface area contributed by atoms with E-state index in [1.165, 1.54) is 13.3 Å². The summed E-state index contributed by atoms with van der Waals surface area (Å²) in [6, 6.07) is 6.90. The molecule has 3 aromatic rings.